The van der Waals surface area contributed by atoms with Gasteiger partial charge in [0.05, 0.1) is 4.75 Å². The van der Waals surface area contributed by atoms with Crippen molar-refractivity contribution in [3.63, 3.8) is 0 Å². The number of hydrogen-bond donors (Lipinski definition) is 3. The number of aromatic nitrogens is 2. The predicted octanol–water partition coefficient (Wildman–Crippen LogP) is 0.494. The molecule has 2 heterocycles. The second kappa shape index (κ2) is 5.52. The molecule has 0 aliphatic carbocycles. The summed E-state index contributed by atoms with van der Waals surface area (Å²) in [7, 11) is 0. The van der Waals surface area contributed by atoms with E-state index in [1.165, 1.54) is 0 Å². The Labute approximate surface area is 115 Å². The van der Waals surface area contributed by atoms with E-state index in [2.05, 4.69) is 15.4 Å². The number of nitrogens with one attached hydrogen (secondary N) is 1. The van der Waals surface area contributed by atoms with Gasteiger partial charge >= 0.3 is 0 Å². The number of carbonyl (C=O) groups is 1. The molecule has 0 bridgehead atoms. The van der Waals surface area contributed by atoms with Crippen LogP contribution in [0.3, 0.4) is 0 Å². The number of nitrogens with two attached hydrogens (primary N) is 1. The highest BCUT2D eigenvalue weighted by Gasteiger charge is 2.39. The van der Waals surface area contributed by atoms with E-state index in [1.54, 1.807) is 28.9 Å². The number of hydrogen-bond acceptors (Lipinski definition) is 5. The smallest absolute Gasteiger partial charge is 0.271 e. The minimum absolute atomic E-state index is 0.0632. The quantitative estimate of drug-likeness (QED) is 0.324. The summed E-state index contributed by atoms with van der Waals surface area (Å²) < 4.78 is -0.375. The maximum Gasteiger partial charge on any atom is 0.271 e. The molecule has 1 aromatic rings. The van der Waals surface area contributed by atoms with Gasteiger partial charge in [0.25, 0.3) is 5.91 Å². The molecule has 19 heavy (non-hydrogen) atoms. The van der Waals surface area contributed by atoms with Crippen LogP contribution in [0.25, 0.3) is 0 Å². The van der Waals surface area contributed by atoms with E-state index in [1.807, 2.05) is 6.26 Å². The summed E-state index contributed by atoms with van der Waals surface area (Å²) >= 11 is 1.56. The van der Waals surface area contributed by atoms with Gasteiger partial charge in [-0.15, -0.1) is 0 Å². The van der Waals surface area contributed by atoms with Gasteiger partial charge < -0.3 is 15.8 Å². The number of H-pyrrole nitrogens is 1. The lowest BCUT2D eigenvalue weighted by molar-refractivity contribution is 0.0712. The first-order chi connectivity index (χ1) is 9.13. The van der Waals surface area contributed by atoms with Crippen molar-refractivity contribution in [3.8, 4) is 0 Å². The molecule has 0 atom stereocenters. The summed E-state index contributed by atoms with van der Waals surface area (Å²) in [4.78, 5) is 13.9. The highest BCUT2D eigenvalue weighted by Crippen LogP contribution is 2.35. The molecule has 0 radical (unpaired) electrons. The zero-order chi connectivity index (χ0) is 13.9. The topological polar surface area (TPSA) is 108 Å². The highest BCUT2D eigenvalue weighted by atomic mass is 32.2. The monoisotopic (exact) mass is 283 g/mol. The van der Waals surface area contributed by atoms with Crippen molar-refractivity contribution in [2.24, 2.45) is 10.9 Å². The average molecular weight is 283 g/mol. The third-order valence-corrected chi connectivity index (χ3v) is 4.95. The lowest BCUT2D eigenvalue weighted by atomic mass is 9.94. The Bertz CT molecular complexity index is 465. The minimum Gasteiger partial charge on any atom is -0.409 e. The van der Waals surface area contributed by atoms with E-state index < -0.39 is 0 Å². The molecule has 8 heteroatoms. The Balaban J connectivity index is 2.04. The molecule has 0 spiro atoms. The summed E-state index contributed by atoms with van der Waals surface area (Å²) in [5.74, 6) is 0.167. The normalized spacial score (nSPS) is 19.4. The Morgan fingerprint density at radius 1 is 1.63 bits per heavy atom. The first kappa shape index (κ1) is 13.7. The molecule has 0 saturated carbocycles. The van der Waals surface area contributed by atoms with Crippen molar-refractivity contribution < 1.29 is 10.0 Å². The second-order valence-corrected chi connectivity index (χ2v) is 5.64. The third-order valence-electron chi connectivity index (χ3n) is 3.55. The first-order valence-corrected chi connectivity index (χ1v) is 7.17. The van der Waals surface area contributed by atoms with Crippen LogP contribution in [-0.2, 0) is 0 Å². The number of amides is 1. The van der Waals surface area contributed by atoms with Crippen LogP contribution >= 0.6 is 11.8 Å². The molecule has 1 aliphatic rings. The average Bonchev–Trinajstić information content (AvgIpc) is 3.00. The Hall–Kier alpha value is -1.70. The van der Waals surface area contributed by atoms with Crippen LogP contribution in [0, 0.1) is 0 Å². The summed E-state index contributed by atoms with van der Waals surface area (Å²) in [6.07, 6.45) is 4.83. The summed E-state index contributed by atoms with van der Waals surface area (Å²) in [6, 6.07) is 1.66. The minimum atomic E-state index is -0.375. The van der Waals surface area contributed by atoms with Crippen LogP contribution < -0.4 is 5.73 Å². The van der Waals surface area contributed by atoms with E-state index in [9.17, 15) is 4.79 Å². The molecular weight excluding hydrogens is 266 g/mol. The van der Waals surface area contributed by atoms with Gasteiger partial charge in [0.2, 0.25) is 0 Å². The van der Waals surface area contributed by atoms with E-state index in [0.29, 0.717) is 31.6 Å². The van der Waals surface area contributed by atoms with E-state index in [0.717, 1.165) is 0 Å². The molecule has 1 saturated heterocycles. The SMILES string of the molecule is CSC1(C(N)=NO)CCN(C(=O)c2ccn[nH]2)CC1. The Morgan fingerprint density at radius 2 is 2.32 bits per heavy atom. The number of likely N-dealkylation sites (tertiary alicyclic amines) is 1. The van der Waals surface area contributed by atoms with E-state index in [4.69, 9.17) is 10.9 Å². The number of nitrogens with zero attached hydrogens (tertiary/aromatic N) is 3. The van der Waals surface area contributed by atoms with Gasteiger partial charge in [0.1, 0.15) is 5.69 Å². The van der Waals surface area contributed by atoms with Crippen molar-refractivity contribution >= 4 is 23.5 Å². The number of rotatable bonds is 3. The van der Waals surface area contributed by atoms with Crippen LogP contribution in [0.15, 0.2) is 17.4 Å². The number of amidine groups is 1. The third kappa shape index (κ3) is 2.53. The largest absolute Gasteiger partial charge is 0.409 e. The lowest BCUT2D eigenvalue weighted by Crippen LogP contribution is -2.51. The van der Waals surface area contributed by atoms with Gasteiger partial charge in [-0.05, 0) is 25.2 Å². The zero-order valence-electron chi connectivity index (χ0n) is 10.7. The number of thioether (sulfide) groups is 1. The highest BCUT2D eigenvalue weighted by molar-refractivity contribution is 8.00. The molecule has 104 valence electrons. The van der Waals surface area contributed by atoms with Crippen molar-refractivity contribution in [2.75, 3.05) is 19.3 Å². The molecular formula is C11H17N5O2S. The number of oxime groups is 1. The maximum atomic E-state index is 12.1. The molecule has 1 aromatic heterocycles. The Morgan fingerprint density at radius 3 is 2.79 bits per heavy atom. The van der Waals surface area contributed by atoms with Crippen molar-refractivity contribution in [1.29, 1.82) is 0 Å². The van der Waals surface area contributed by atoms with Crippen LogP contribution in [0.2, 0.25) is 0 Å². The lowest BCUT2D eigenvalue weighted by Gasteiger charge is -2.39. The fraction of sp³-hybridized carbons (Fsp3) is 0.545. The van der Waals surface area contributed by atoms with Gasteiger partial charge in [0, 0.05) is 19.3 Å². The molecule has 1 amide bonds. The molecule has 1 aliphatic heterocycles. The Kier molecular flexibility index (Phi) is 3.98. The van der Waals surface area contributed by atoms with Crippen LogP contribution in [0.5, 0.6) is 0 Å². The van der Waals surface area contributed by atoms with Crippen molar-refractivity contribution in [2.45, 2.75) is 17.6 Å². The van der Waals surface area contributed by atoms with Gasteiger partial charge in [-0.2, -0.15) is 16.9 Å². The zero-order valence-corrected chi connectivity index (χ0v) is 11.5. The van der Waals surface area contributed by atoms with Gasteiger partial charge in [-0.1, -0.05) is 5.16 Å². The van der Waals surface area contributed by atoms with Gasteiger partial charge in [0.15, 0.2) is 5.84 Å². The summed E-state index contributed by atoms with van der Waals surface area (Å²) in [5, 5.41) is 18.4. The van der Waals surface area contributed by atoms with E-state index in [-0.39, 0.29) is 16.5 Å². The summed E-state index contributed by atoms with van der Waals surface area (Å²) in [5.41, 5.74) is 6.26. The molecule has 4 N–H and O–H groups in total. The van der Waals surface area contributed by atoms with Gasteiger partial charge in [-0.25, -0.2) is 0 Å². The van der Waals surface area contributed by atoms with Crippen LogP contribution in [-0.4, -0.2) is 56.1 Å². The van der Waals surface area contributed by atoms with E-state index >= 15 is 0 Å². The first-order valence-electron chi connectivity index (χ1n) is 5.95. The molecule has 0 unspecified atom stereocenters. The number of piperidine rings is 1. The fourth-order valence-electron chi connectivity index (χ4n) is 2.27. The predicted molar refractivity (Wildman–Crippen MR) is 73.4 cm³/mol. The fourth-order valence-corrected chi connectivity index (χ4v) is 3.11. The molecule has 0 aromatic carbocycles. The standard InChI is InChI=1S/C11H17N5O2S/c1-19-11(10(12)15-18)3-6-16(7-4-11)9(17)8-2-5-13-14-8/h2,5,18H,3-4,6-7H2,1H3,(H2,12,15)(H,13,14). The van der Waals surface area contributed by atoms with Crippen LogP contribution in [0.1, 0.15) is 23.3 Å². The maximum absolute atomic E-state index is 12.1. The van der Waals surface area contributed by atoms with Crippen LogP contribution in [0.4, 0.5) is 0 Å². The summed E-state index contributed by atoms with van der Waals surface area (Å²) in [6.45, 7) is 1.16. The number of aromatic amines is 1. The number of carbonyl (C=O) groups excluding carboxylic acids is 1. The van der Waals surface area contributed by atoms with Crippen molar-refractivity contribution in [1.82, 2.24) is 15.1 Å². The molecule has 1 fully saturated rings. The van der Waals surface area contributed by atoms with Gasteiger partial charge in [-0.3, -0.25) is 9.89 Å². The van der Waals surface area contributed by atoms with Crippen molar-refractivity contribution in [3.05, 3.63) is 18.0 Å². The molecule has 7 nitrogen and oxygen atoms in total. The second-order valence-electron chi connectivity index (χ2n) is 4.45. The molecule has 2 rings (SSSR count).